The van der Waals surface area contributed by atoms with Gasteiger partial charge in [-0.05, 0) is 6.92 Å². The number of imidazole rings is 1. The topological polar surface area (TPSA) is 28.7 Å². The zero-order chi connectivity index (χ0) is 9.23. The first kappa shape index (κ1) is 11.2. The lowest BCUT2D eigenvalue weighted by atomic mass is 10.2. The van der Waals surface area contributed by atoms with Crippen molar-refractivity contribution in [3.05, 3.63) is 18.2 Å². The van der Waals surface area contributed by atoms with E-state index in [2.05, 4.69) is 23.8 Å². The van der Waals surface area contributed by atoms with Crippen molar-refractivity contribution in [3.63, 3.8) is 0 Å². The Kier molecular flexibility index (Phi) is 7.76. The number of aryl methyl sites for hydroxylation is 1. The largest absolute Gasteiger partial charge is 0.349 e. The van der Waals surface area contributed by atoms with Crippen LogP contribution in [0.3, 0.4) is 0 Å². The molecule has 0 aromatic carbocycles. The first-order valence-corrected chi connectivity index (χ1v) is 4.76. The summed E-state index contributed by atoms with van der Waals surface area (Å²) >= 11 is 0. The summed E-state index contributed by atoms with van der Waals surface area (Å²) in [6, 6.07) is 0. The molecule has 12 heavy (non-hydrogen) atoms. The Labute approximate surface area is 75.4 Å². The molecule has 0 spiro atoms. The maximum atomic E-state index is 3.77. The van der Waals surface area contributed by atoms with Crippen LogP contribution in [0.1, 0.15) is 45.2 Å². The van der Waals surface area contributed by atoms with E-state index in [4.69, 9.17) is 0 Å². The maximum Gasteiger partial charge on any atom is 0.0921 e. The second kappa shape index (κ2) is 8.31. The van der Waals surface area contributed by atoms with Gasteiger partial charge in [-0.25, -0.2) is 4.98 Å². The maximum absolute atomic E-state index is 3.77. The molecule has 0 unspecified atom stereocenters. The average molecular weight is 168 g/mol. The second-order valence-corrected chi connectivity index (χ2v) is 2.94. The highest BCUT2D eigenvalue weighted by Gasteiger charge is 1.75. The van der Waals surface area contributed by atoms with Crippen LogP contribution in [-0.2, 0) is 0 Å². The van der Waals surface area contributed by atoms with Crippen LogP contribution < -0.4 is 0 Å². The van der Waals surface area contributed by atoms with Gasteiger partial charge in [-0.15, -0.1) is 0 Å². The third-order valence-electron chi connectivity index (χ3n) is 1.59. The van der Waals surface area contributed by atoms with Crippen molar-refractivity contribution in [2.45, 2.75) is 46.5 Å². The minimum absolute atomic E-state index is 1.11. The fourth-order valence-electron chi connectivity index (χ4n) is 0.825. The molecule has 0 aliphatic heterocycles. The van der Waals surface area contributed by atoms with Crippen molar-refractivity contribution in [3.8, 4) is 0 Å². The van der Waals surface area contributed by atoms with Gasteiger partial charge in [0.1, 0.15) is 0 Å². The van der Waals surface area contributed by atoms with E-state index in [-0.39, 0.29) is 0 Å². The monoisotopic (exact) mass is 168 g/mol. The summed E-state index contributed by atoms with van der Waals surface area (Å²) < 4.78 is 0. The van der Waals surface area contributed by atoms with E-state index >= 15 is 0 Å². The third-order valence-corrected chi connectivity index (χ3v) is 1.59. The van der Waals surface area contributed by atoms with Crippen molar-refractivity contribution in [2.75, 3.05) is 0 Å². The third kappa shape index (κ3) is 7.32. The van der Waals surface area contributed by atoms with Gasteiger partial charge in [-0.3, -0.25) is 0 Å². The molecule has 0 atom stereocenters. The second-order valence-electron chi connectivity index (χ2n) is 2.94. The molecule has 0 saturated carbocycles. The van der Waals surface area contributed by atoms with Gasteiger partial charge in [0.15, 0.2) is 0 Å². The number of aromatic nitrogens is 2. The van der Waals surface area contributed by atoms with E-state index in [0.717, 1.165) is 5.69 Å². The Morgan fingerprint density at radius 3 is 2.00 bits per heavy atom. The van der Waals surface area contributed by atoms with E-state index in [1.165, 1.54) is 25.7 Å². The zero-order valence-corrected chi connectivity index (χ0v) is 8.43. The molecule has 1 aromatic rings. The van der Waals surface area contributed by atoms with E-state index < -0.39 is 0 Å². The van der Waals surface area contributed by atoms with Gasteiger partial charge in [0.05, 0.1) is 6.33 Å². The molecule has 0 fully saturated rings. The lowest BCUT2D eigenvalue weighted by Gasteiger charge is -1.86. The van der Waals surface area contributed by atoms with Crippen molar-refractivity contribution in [1.82, 2.24) is 9.97 Å². The van der Waals surface area contributed by atoms with Crippen LogP contribution in [-0.4, -0.2) is 9.97 Å². The predicted octanol–water partition coefficient (Wildman–Crippen LogP) is 3.30. The first-order chi connectivity index (χ1) is 5.81. The van der Waals surface area contributed by atoms with E-state index in [1.807, 2.05) is 6.92 Å². The molecule has 0 aliphatic carbocycles. The summed E-state index contributed by atoms with van der Waals surface area (Å²) in [5, 5.41) is 0. The smallest absolute Gasteiger partial charge is 0.0921 e. The van der Waals surface area contributed by atoms with Gasteiger partial charge in [0.2, 0.25) is 0 Å². The molecule has 0 saturated heterocycles. The number of rotatable bonds is 3. The Morgan fingerprint density at radius 1 is 1.25 bits per heavy atom. The summed E-state index contributed by atoms with van der Waals surface area (Å²) in [6.07, 6.45) is 8.98. The number of nitrogens with one attached hydrogen (secondary N) is 1. The Hall–Kier alpha value is -0.790. The van der Waals surface area contributed by atoms with Gasteiger partial charge < -0.3 is 4.98 Å². The summed E-state index contributed by atoms with van der Waals surface area (Å²) in [7, 11) is 0. The minimum atomic E-state index is 1.11. The molecule has 0 aliphatic rings. The Bertz CT molecular complexity index is 152. The zero-order valence-electron chi connectivity index (χ0n) is 8.43. The highest BCUT2D eigenvalue weighted by atomic mass is 14.8. The summed E-state index contributed by atoms with van der Waals surface area (Å²) in [5.74, 6) is 0. The number of H-pyrrole nitrogens is 1. The minimum Gasteiger partial charge on any atom is -0.349 e. The molecule has 70 valence electrons. The van der Waals surface area contributed by atoms with Crippen LogP contribution in [0.4, 0.5) is 0 Å². The van der Waals surface area contributed by atoms with Gasteiger partial charge in [-0.1, -0.05) is 39.5 Å². The lowest BCUT2D eigenvalue weighted by molar-refractivity contribution is 0.702. The van der Waals surface area contributed by atoms with Crippen molar-refractivity contribution in [1.29, 1.82) is 0 Å². The molecule has 1 N–H and O–H groups in total. The van der Waals surface area contributed by atoms with Gasteiger partial charge in [0.25, 0.3) is 0 Å². The summed E-state index contributed by atoms with van der Waals surface area (Å²) in [4.78, 5) is 6.66. The summed E-state index contributed by atoms with van der Waals surface area (Å²) in [6.45, 7) is 6.43. The average Bonchev–Trinajstić information content (AvgIpc) is 2.53. The van der Waals surface area contributed by atoms with Crippen LogP contribution in [0.15, 0.2) is 12.5 Å². The fourth-order valence-corrected chi connectivity index (χ4v) is 0.825. The molecule has 0 bridgehead atoms. The lowest BCUT2D eigenvalue weighted by Crippen LogP contribution is -1.66. The van der Waals surface area contributed by atoms with Gasteiger partial charge in [0, 0.05) is 11.9 Å². The fraction of sp³-hybridized carbons (Fsp3) is 0.700. The SMILES string of the molecule is CCCCCC.Cc1cnc[nH]1. The quantitative estimate of drug-likeness (QED) is 0.689. The highest BCUT2D eigenvalue weighted by molar-refractivity contribution is 4.87. The molecule has 0 amide bonds. The van der Waals surface area contributed by atoms with Gasteiger partial charge in [-0.2, -0.15) is 0 Å². The molecule has 1 heterocycles. The van der Waals surface area contributed by atoms with Crippen LogP contribution in [0.2, 0.25) is 0 Å². The molecular weight excluding hydrogens is 148 g/mol. The molecule has 1 aromatic heterocycles. The number of hydrogen-bond donors (Lipinski definition) is 1. The Morgan fingerprint density at radius 2 is 1.83 bits per heavy atom. The van der Waals surface area contributed by atoms with E-state index in [9.17, 15) is 0 Å². The predicted molar refractivity (Wildman–Crippen MR) is 53.1 cm³/mol. The Balaban J connectivity index is 0.000000202. The van der Waals surface area contributed by atoms with Crippen molar-refractivity contribution >= 4 is 0 Å². The normalized spacial score (nSPS) is 8.92. The van der Waals surface area contributed by atoms with Crippen LogP contribution >= 0.6 is 0 Å². The highest BCUT2D eigenvalue weighted by Crippen LogP contribution is 1.95. The number of nitrogens with zero attached hydrogens (tertiary/aromatic N) is 1. The molecule has 0 radical (unpaired) electrons. The van der Waals surface area contributed by atoms with Crippen molar-refractivity contribution in [2.24, 2.45) is 0 Å². The first-order valence-electron chi connectivity index (χ1n) is 4.76. The van der Waals surface area contributed by atoms with Crippen molar-refractivity contribution < 1.29 is 0 Å². The number of unbranched alkanes of at least 4 members (excludes halogenated alkanes) is 3. The number of aromatic amines is 1. The number of hydrogen-bond acceptors (Lipinski definition) is 1. The van der Waals surface area contributed by atoms with E-state index in [0.29, 0.717) is 0 Å². The summed E-state index contributed by atoms with van der Waals surface area (Å²) in [5.41, 5.74) is 1.11. The van der Waals surface area contributed by atoms with Crippen LogP contribution in [0.25, 0.3) is 0 Å². The molecular formula is C10H20N2. The van der Waals surface area contributed by atoms with E-state index in [1.54, 1.807) is 12.5 Å². The standard InChI is InChI=1S/C6H14.C4H6N2/c1-3-5-6-4-2;1-4-2-5-3-6-4/h3-6H2,1-2H3;2-3H,1H3,(H,5,6). The van der Waals surface area contributed by atoms with Gasteiger partial charge >= 0.3 is 0 Å². The van der Waals surface area contributed by atoms with Crippen LogP contribution in [0, 0.1) is 6.92 Å². The van der Waals surface area contributed by atoms with Crippen LogP contribution in [0.5, 0.6) is 0 Å². The molecule has 2 heteroatoms. The molecule has 2 nitrogen and oxygen atoms in total. The molecule has 1 rings (SSSR count).